The van der Waals surface area contributed by atoms with Crippen molar-refractivity contribution in [2.45, 2.75) is 46.1 Å². The van der Waals surface area contributed by atoms with E-state index in [2.05, 4.69) is 26.1 Å². The largest absolute Gasteiger partial charge is 0.368 e. The van der Waals surface area contributed by atoms with Gasteiger partial charge in [0, 0.05) is 0 Å². The van der Waals surface area contributed by atoms with Crippen molar-refractivity contribution in [2.75, 3.05) is 6.54 Å². The number of carbonyl (C=O) groups excluding carboxylic acids is 1. The topological polar surface area (TPSA) is 55.1 Å². The van der Waals surface area contributed by atoms with Crippen molar-refractivity contribution in [3.05, 3.63) is 0 Å². The first-order valence-electron chi connectivity index (χ1n) is 5.10. The van der Waals surface area contributed by atoms with Crippen molar-refractivity contribution in [1.82, 2.24) is 5.32 Å². The number of nitrogens with one attached hydrogen (secondary N) is 1. The highest BCUT2D eigenvalue weighted by Gasteiger charge is 2.13. The molecule has 0 unspecified atom stereocenters. The fourth-order valence-corrected chi connectivity index (χ4v) is 1.13. The molecule has 0 spiro atoms. The fourth-order valence-electron chi connectivity index (χ4n) is 1.13. The summed E-state index contributed by atoms with van der Waals surface area (Å²) in [7, 11) is 0. The van der Waals surface area contributed by atoms with Crippen LogP contribution in [0.5, 0.6) is 0 Å². The lowest BCUT2D eigenvalue weighted by Crippen LogP contribution is -2.42. The van der Waals surface area contributed by atoms with E-state index in [9.17, 15) is 4.79 Å². The molecule has 0 heterocycles. The lowest BCUT2D eigenvalue weighted by molar-refractivity contribution is -0.120. The molecule has 0 aromatic heterocycles. The Balaban J connectivity index is 0. The summed E-state index contributed by atoms with van der Waals surface area (Å²) in [6.07, 6.45) is 3.02. The van der Waals surface area contributed by atoms with E-state index in [0.29, 0.717) is 5.92 Å². The predicted octanol–water partition coefficient (Wildman–Crippen LogP) is 1.70. The highest BCUT2D eigenvalue weighted by molar-refractivity contribution is 5.85. The Hall–Kier alpha value is -0.280. The van der Waals surface area contributed by atoms with Gasteiger partial charge in [0.15, 0.2) is 0 Å². The van der Waals surface area contributed by atoms with E-state index >= 15 is 0 Å². The van der Waals surface area contributed by atoms with E-state index in [-0.39, 0.29) is 24.4 Å². The number of nitrogens with two attached hydrogens (primary N) is 1. The van der Waals surface area contributed by atoms with Crippen LogP contribution in [0.3, 0.4) is 0 Å². The Morgan fingerprint density at radius 1 is 1.43 bits per heavy atom. The first-order chi connectivity index (χ1) is 6.07. The van der Waals surface area contributed by atoms with Crippen LogP contribution in [-0.4, -0.2) is 18.5 Å². The summed E-state index contributed by atoms with van der Waals surface area (Å²) in [5.74, 6) is 0.331. The van der Waals surface area contributed by atoms with Crippen LogP contribution in [0, 0.1) is 5.92 Å². The van der Waals surface area contributed by atoms with Gasteiger partial charge in [-0.15, -0.1) is 12.4 Å². The van der Waals surface area contributed by atoms with Crippen LogP contribution >= 0.6 is 12.4 Å². The number of amides is 1. The number of hydrogen-bond donors (Lipinski definition) is 2. The number of unbranched alkanes of at least 4 members (excludes halogenated alkanes) is 1. The maximum atomic E-state index is 11.0. The molecule has 4 heteroatoms. The third-order valence-electron chi connectivity index (χ3n) is 1.96. The average molecular weight is 223 g/mol. The minimum absolute atomic E-state index is 0. The molecule has 0 aromatic carbocycles. The summed E-state index contributed by atoms with van der Waals surface area (Å²) in [5.41, 5.74) is 5.26. The summed E-state index contributed by atoms with van der Waals surface area (Å²) >= 11 is 0. The maximum Gasteiger partial charge on any atom is 0.234 e. The molecule has 0 saturated heterocycles. The number of primary amides is 1. The Labute approximate surface area is 93.2 Å². The van der Waals surface area contributed by atoms with Gasteiger partial charge in [-0.2, -0.15) is 0 Å². The molecule has 14 heavy (non-hydrogen) atoms. The standard InChI is InChI=1S/C10H22N2O.ClH/c1-4-5-6-9(10(11)13)12-7-8(2)3;/h8-9,12H,4-7H2,1-3H3,(H2,11,13);1H/t9-;/m0./s1. The van der Waals surface area contributed by atoms with Gasteiger partial charge in [0.2, 0.25) is 5.91 Å². The SMILES string of the molecule is CCCC[C@H](NCC(C)C)C(N)=O.Cl. The van der Waals surface area contributed by atoms with E-state index in [1.54, 1.807) is 0 Å². The molecule has 0 rings (SSSR count). The molecule has 0 aliphatic carbocycles. The quantitative estimate of drug-likeness (QED) is 0.689. The molecule has 86 valence electrons. The summed E-state index contributed by atoms with van der Waals surface area (Å²) in [5, 5.41) is 3.18. The fraction of sp³-hybridized carbons (Fsp3) is 0.900. The van der Waals surface area contributed by atoms with Crippen LogP contribution < -0.4 is 11.1 Å². The molecule has 3 N–H and O–H groups in total. The Bertz CT molecular complexity index is 151. The van der Waals surface area contributed by atoms with Crippen LogP contribution in [0.1, 0.15) is 40.0 Å². The van der Waals surface area contributed by atoms with Crippen molar-refractivity contribution >= 4 is 18.3 Å². The van der Waals surface area contributed by atoms with Gasteiger partial charge in [0.1, 0.15) is 0 Å². The summed E-state index contributed by atoms with van der Waals surface area (Å²) in [4.78, 5) is 11.0. The van der Waals surface area contributed by atoms with Crippen molar-refractivity contribution in [3.63, 3.8) is 0 Å². The molecule has 3 nitrogen and oxygen atoms in total. The lowest BCUT2D eigenvalue weighted by atomic mass is 10.1. The number of carbonyl (C=O) groups is 1. The summed E-state index contributed by atoms with van der Waals surface area (Å²) < 4.78 is 0. The molecule has 0 aliphatic heterocycles. The first kappa shape index (κ1) is 16.2. The summed E-state index contributed by atoms with van der Waals surface area (Å²) in [6, 6.07) is -0.137. The Morgan fingerprint density at radius 2 is 2.00 bits per heavy atom. The molecule has 0 saturated carbocycles. The monoisotopic (exact) mass is 222 g/mol. The highest BCUT2D eigenvalue weighted by Crippen LogP contribution is 2.00. The molecule has 0 aromatic rings. The van der Waals surface area contributed by atoms with Gasteiger partial charge < -0.3 is 11.1 Å². The van der Waals surface area contributed by atoms with Crippen molar-refractivity contribution in [3.8, 4) is 0 Å². The number of rotatable bonds is 7. The lowest BCUT2D eigenvalue weighted by Gasteiger charge is -2.16. The van der Waals surface area contributed by atoms with Crippen LogP contribution in [0.2, 0.25) is 0 Å². The van der Waals surface area contributed by atoms with Crippen molar-refractivity contribution in [1.29, 1.82) is 0 Å². The molecule has 0 aliphatic rings. The van der Waals surface area contributed by atoms with Gasteiger partial charge in [0.25, 0.3) is 0 Å². The molecule has 1 atom stereocenters. The zero-order valence-electron chi connectivity index (χ0n) is 9.38. The van der Waals surface area contributed by atoms with Crippen LogP contribution in [0.4, 0.5) is 0 Å². The zero-order chi connectivity index (χ0) is 10.3. The van der Waals surface area contributed by atoms with Gasteiger partial charge in [-0.1, -0.05) is 33.6 Å². The van der Waals surface area contributed by atoms with E-state index < -0.39 is 0 Å². The second kappa shape index (κ2) is 9.28. The molecule has 1 amide bonds. The van der Waals surface area contributed by atoms with Gasteiger partial charge in [-0.05, 0) is 18.9 Å². The minimum atomic E-state index is -0.228. The van der Waals surface area contributed by atoms with Crippen LogP contribution in [-0.2, 0) is 4.79 Å². The van der Waals surface area contributed by atoms with Crippen molar-refractivity contribution in [2.24, 2.45) is 11.7 Å². The molecule has 0 radical (unpaired) electrons. The van der Waals surface area contributed by atoms with E-state index in [0.717, 1.165) is 25.8 Å². The molecule has 0 bridgehead atoms. The third kappa shape index (κ3) is 8.32. The maximum absolute atomic E-state index is 11.0. The Kier molecular flexibility index (Phi) is 10.7. The second-order valence-electron chi connectivity index (χ2n) is 3.90. The van der Waals surface area contributed by atoms with Gasteiger partial charge >= 0.3 is 0 Å². The molecular weight excluding hydrogens is 200 g/mol. The van der Waals surface area contributed by atoms with Gasteiger partial charge in [0.05, 0.1) is 6.04 Å². The normalized spacial score (nSPS) is 12.3. The smallest absolute Gasteiger partial charge is 0.234 e. The average Bonchev–Trinajstić information content (AvgIpc) is 2.03. The van der Waals surface area contributed by atoms with Crippen LogP contribution in [0.15, 0.2) is 0 Å². The third-order valence-corrected chi connectivity index (χ3v) is 1.96. The van der Waals surface area contributed by atoms with Gasteiger partial charge in [-0.25, -0.2) is 0 Å². The number of halogens is 1. The second-order valence-corrected chi connectivity index (χ2v) is 3.90. The van der Waals surface area contributed by atoms with Crippen LogP contribution in [0.25, 0.3) is 0 Å². The zero-order valence-corrected chi connectivity index (χ0v) is 10.2. The van der Waals surface area contributed by atoms with Gasteiger partial charge in [-0.3, -0.25) is 4.79 Å². The molecular formula is C10H23ClN2O. The molecule has 0 fully saturated rings. The van der Waals surface area contributed by atoms with E-state index in [4.69, 9.17) is 5.73 Å². The van der Waals surface area contributed by atoms with E-state index in [1.807, 2.05) is 0 Å². The van der Waals surface area contributed by atoms with Crippen molar-refractivity contribution < 1.29 is 4.79 Å². The number of hydrogen-bond acceptors (Lipinski definition) is 2. The van der Waals surface area contributed by atoms with E-state index in [1.165, 1.54) is 0 Å². The Morgan fingerprint density at radius 3 is 2.36 bits per heavy atom. The highest BCUT2D eigenvalue weighted by atomic mass is 35.5. The summed E-state index contributed by atoms with van der Waals surface area (Å²) in [6.45, 7) is 7.20. The minimum Gasteiger partial charge on any atom is -0.368 e. The predicted molar refractivity (Wildman–Crippen MR) is 62.6 cm³/mol. The first-order valence-corrected chi connectivity index (χ1v) is 5.10.